The normalized spacial score (nSPS) is 14.2. The molecule has 0 radical (unpaired) electrons. The van der Waals surface area contributed by atoms with Crippen LogP contribution >= 0.6 is 0 Å². The van der Waals surface area contributed by atoms with Crippen molar-refractivity contribution >= 4 is 9.84 Å². The summed E-state index contributed by atoms with van der Waals surface area (Å²) in [6.07, 6.45) is 2.85. The molecule has 1 atom stereocenters. The van der Waals surface area contributed by atoms with E-state index in [0.29, 0.717) is 12.2 Å². The summed E-state index contributed by atoms with van der Waals surface area (Å²) in [6, 6.07) is -0.179. The molecule has 1 unspecified atom stereocenters. The number of rotatable bonds is 4. The fourth-order valence-corrected chi connectivity index (χ4v) is 1.41. The van der Waals surface area contributed by atoms with Crippen LogP contribution in [0.1, 0.15) is 18.7 Å². The lowest BCUT2D eigenvalue weighted by Crippen LogP contribution is -2.11. The van der Waals surface area contributed by atoms with Crippen molar-refractivity contribution in [1.82, 2.24) is 15.0 Å². The van der Waals surface area contributed by atoms with Crippen molar-refractivity contribution in [3.05, 3.63) is 11.9 Å². The van der Waals surface area contributed by atoms with E-state index in [1.54, 1.807) is 13.1 Å². The average molecular weight is 218 g/mol. The van der Waals surface area contributed by atoms with Crippen LogP contribution in [0.4, 0.5) is 0 Å². The van der Waals surface area contributed by atoms with E-state index in [2.05, 4.69) is 10.3 Å². The highest BCUT2D eigenvalue weighted by Gasteiger charge is 2.07. The Kier molecular flexibility index (Phi) is 3.22. The summed E-state index contributed by atoms with van der Waals surface area (Å²) in [6.45, 7) is 2.11. The van der Waals surface area contributed by atoms with Crippen LogP contribution in [0, 0.1) is 0 Å². The van der Waals surface area contributed by atoms with Crippen molar-refractivity contribution < 1.29 is 8.42 Å². The topological polar surface area (TPSA) is 90.9 Å². The maximum absolute atomic E-state index is 10.9. The standard InChI is InChI=1S/C7H14N4O2S/c1-6(8)7-5-11(10-9-7)3-4-14(2,12)13/h5-6H,3-4,8H2,1-2H3. The Labute approximate surface area is 83.0 Å². The molecule has 14 heavy (non-hydrogen) atoms. The first-order valence-corrected chi connectivity index (χ1v) is 6.28. The predicted molar refractivity (Wildman–Crippen MR) is 52.3 cm³/mol. The van der Waals surface area contributed by atoms with Crippen LogP contribution in [-0.4, -0.2) is 35.4 Å². The molecule has 1 heterocycles. The monoisotopic (exact) mass is 218 g/mol. The molecule has 0 spiro atoms. The number of aryl methyl sites for hydroxylation is 1. The number of nitrogens with two attached hydrogens (primary N) is 1. The van der Waals surface area contributed by atoms with Gasteiger partial charge in [0.15, 0.2) is 0 Å². The molecule has 0 bridgehead atoms. The molecule has 0 aliphatic carbocycles. The zero-order chi connectivity index (χ0) is 10.8. The molecule has 7 heteroatoms. The number of aromatic nitrogens is 3. The number of sulfone groups is 1. The number of hydrogen-bond donors (Lipinski definition) is 1. The van der Waals surface area contributed by atoms with Crippen LogP contribution in [0.2, 0.25) is 0 Å². The van der Waals surface area contributed by atoms with Crippen LogP contribution < -0.4 is 5.73 Å². The largest absolute Gasteiger partial charge is 0.323 e. The Hall–Kier alpha value is -0.950. The minimum Gasteiger partial charge on any atom is -0.323 e. The molecule has 1 rings (SSSR count). The zero-order valence-electron chi connectivity index (χ0n) is 8.21. The van der Waals surface area contributed by atoms with Crippen molar-refractivity contribution in [2.24, 2.45) is 5.73 Å². The van der Waals surface area contributed by atoms with Crippen molar-refractivity contribution in [2.75, 3.05) is 12.0 Å². The van der Waals surface area contributed by atoms with Crippen LogP contribution in [0.15, 0.2) is 6.20 Å². The first kappa shape index (κ1) is 11.1. The molecular weight excluding hydrogens is 204 g/mol. The number of nitrogens with zero attached hydrogens (tertiary/aromatic N) is 3. The van der Waals surface area contributed by atoms with E-state index in [1.165, 1.54) is 10.9 Å². The van der Waals surface area contributed by atoms with Gasteiger partial charge in [-0.1, -0.05) is 5.21 Å². The van der Waals surface area contributed by atoms with Gasteiger partial charge in [-0.15, -0.1) is 5.10 Å². The molecule has 80 valence electrons. The molecular formula is C7H14N4O2S. The third-order valence-corrected chi connectivity index (χ3v) is 2.64. The lowest BCUT2D eigenvalue weighted by molar-refractivity contribution is 0.579. The Balaban J connectivity index is 2.61. The molecule has 0 aromatic carbocycles. The van der Waals surface area contributed by atoms with E-state index >= 15 is 0 Å². The summed E-state index contributed by atoms with van der Waals surface area (Å²) in [7, 11) is -2.95. The minimum atomic E-state index is -2.95. The second-order valence-corrected chi connectivity index (χ2v) is 5.58. The summed E-state index contributed by atoms with van der Waals surface area (Å²) in [5.41, 5.74) is 6.24. The smallest absolute Gasteiger partial charge is 0.149 e. The summed E-state index contributed by atoms with van der Waals surface area (Å²) < 4.78 is 23.2. The Morgan fingerprint density at radius 3 is 2.71 bits per heavy atom. The van der Waals surface area contributed by atoms with E-state index in [4.69, 9.17) is 5.73 Å². The number of hydrogen-bond acceptors (Lipinski definition) is 5. The summed E-state index contributed by atoms with van der Waals surface area (Å²) in [5, 5.41) is 7.57. The van der Waals surface area contributed by atoms with Crippen molar-refractivity contribution in [3.8, 4) is 0 Å². The van der Waals surface area contributed by atoms with Gasteiger partial charge in [0.2, 0.25) is 0 Å². The van der Waals surface area contributed by atoms with Gasteiger partial charge in [-0.2, -0.15) is 0 Å². The molecule has 2 N–H and O–H groups in total. The molecule has 6 nitrogen and oxygen atoms in total. The van der Waals surface area contributed by atoms with E-state index in [9.17, 15) is 8.42 Å². The van der Waals surface area contributed by atoms with Crippen molar-refractivity contribution in [1.29, 1.82) is 0 Å². The van der Waals surface area contributed by atoms with Crippen LogP contribution in [0.3, 0.4) is 0 Å². The van der Waals surface area contributed by atoms with Gasteiger partial charge in [0, 0.05) is 12.3 Å². The van der Waals surface area contributed by atoms with Gasteiger partial charge >= 0.3 is 0 Å². The first-order valence-electron chi connectivity index (χ1n) is 4.22. The summed E-state index contributed by atoms with van der Waals surface area (Å²) in [5.74, 6) is 0.0642. The SMILES string of the molecule is CC(N)c1cn(CCS(C)(=O)=O)nn1. The first-order chi connectivity index (χ1) is 6.38. The predicted octanol–water partition coefficient (Wildman–Crippen LogP) is -0.658. The Bertz CT molecular complexity index is 396. The van der Waals surface area contributed by atoms with E-state index in [1.807, 2.05) is 0 Å². The molecule has 0 amide bonds. The fourth-order valence-electron chi connectivity index (χ4n) is 0.891. The Morgan fingerprint density at radius 2 is 2.29 bits per heavy atom. The third kappa shape index (κ3) is 3.43. The van der Waals surface area contributed by atoms with Crippen molar-refractivity contribution in [3.63, 3.8) is 0 Å². The highest BCUT2D eigenvalue weighted by atomic mass is 32.2. The van der Waals surface area contributed by atoms with E-state index < -0.39 is 9.84 Å². The second-order valence-electron chi connectivity index (χ2n) is 3.33. The Morgan fingerprint density at radius 1 is 1.64 bits per heavy atom. The summed E-state index contributed by atoms with van der Waals surface area (Å²) in [4.78, 5) is 0. The van der Waals surface area contributed by atoms with Crippen LogP contribution in [0.5, 0.6) is 0 Å². The molecule has 0 fully saturated rings. The van der Waals surface area contributed by atoms with Crippen molar-refractivity contribution in [2.45, 2.75) is 19.5 Å². The molecule has 0 saturated carbocycles. The maximum atomic E-state index is 10.9. The lowest BCUT2D eigenvalue weighted by Gasteiger charge is -1.98. The maximum Gasteiger partial charge on any atom is 0.149 e. The molecule has 1 aromatic heterocycles. The molecule has 0 saturated heterocycles. The van der Waals surface area contributed by atoms with E-state index in [0.717, 1.165) is 0 Å². The average Bonchev–Trinajstić information content (AvgIpc) is 2.47. The fraction of sp³-hybridized carbons (Fsp3) is 0.714. The molecule has 1 aromatic rings. The van der Waals surface area contributed by atoms with Gasteiger partial charge in [0.25, 0.3) is 0 Å². The van der Waals surface area contributed by atoms with Gasteiger partial charge < -0.3 is 5.73 Å². The summed E-state index contributed by atoms with van der Waals surface area (Å²) >= 11 is 0. The van der Waals surface area contributed by atoms with Gasteiger partial charge in [-0.3, -0.25) is 4.68 Å². The van der Waals surface area contributed by atoms with Crippen LogP contribution in [-0.2, 0) is 16.4 Å². The van der Waals surface area contributed by atoms with Crippen LogP contribution in [0.25, 0.3) is 0 Å². The van der Waals surface area contributed by atoms with Gasteiger partial charge in [-0.25, -0.2) is 8.42 Å². The van der Waals surface area contributed by atoms with Gasteiger partial charge in [0.05, 0.1) is 24.2 Å². The van der Waals surface area contributed by atoms with Gasteiger partial charge in [0.1, 0.15) is 9.84 Å². The third-order valence-electron chi connectivity index (χ3n) is 1.71. The molecule has 0 aliphatic rings. The zero-order valence-corrected chi connectivity index (χ0v) is 9.03. The highest BCUT2D eigenvalue weighted by Crippen LogP contribution is 2.03. The minimum absolute atomic E-state index is 0.0642. The lowest BCUT2D eigenvalue weighted by atomic mass is 10.3. The highest BCUT2D eigenvalue weighted by molar-refractivity contribution is 7.90. The van der Waals surface area contributed by atoms with E-state index in [-0.39, 0.29) is 11.8 Å². The second kappa shape index (κ2) is 4.05. The molecule has 0 aliphatic heterocycles. The quantitative estimate of drug-likeness (QED) is 0.724. The van der Waals surface area contributed by atoms with Gasteiger partial charge in [-0.05, 0) is 6.92 Å².